The molecular formula is C28H29N5O4. The number of fused-ring (bicyclic) bond motifs is 1. The number of aryl methyl sites for hydroxylation is 1. The van der Waals surface area contributed by atoms with E-state index in [2.05, 4.69) is 20.3 Å². The standard InChI is InChI=1S/C28H29N5O4/c1-19-7-4-11-23(27(19)37-16-20-8-2-3-13-29-20)32-28-26-22(30-18-31-28)10-5-12-24(26)36-17-21-9-6-14-33(21)25(35)15-34/h2-5,7-8,10-13,18,21,34H,6,9,14-17H2,1H3,(H,30,31,32)/t21-/m0/s1. The highest BCUT2D eigenvalue weighted by Gasteiger charge is 2.29. The maximum absolute atomic E-state index is 12.1. The molecule has 5 rings (SSSR count). The first-order valence-electron chi connectivity index (χ1n) is 12.3. The van der Waals surface area contributed by atoms with Gasteiger partial charge in [0.1, 0.15) is 43.5 Å². The summed E-state index contributed by atoms with van der Waals surface area (Å²) in [6.45, 7) is 2.79. The Morgan fingerprint density at radius 1 is 1.08 bits per heavy atom. The van der Waals surface area contributed by atoms with Crippen LogP contribution in [0.5, 0.6) is 11.5 Å². The van der Waals surface area contributed by atoms with Crippen LogP contribution in [0.4, 0.5) is 11.5 Å². The predicted molar refractivity (Wildman–Crippen MR) is 140 cm³/mol. The van der Waals surface area contributed by atoms with Crippen LogP contribution in [-0.4, -0.2) is 56.7 Å². The zero-order chi connectivity index (χ0) is 25.6. The molecule has 0 radical (unpaired) electrons. The molecule has 1 fully saturated rings. The number of benzene rings is 2. The summed E-state index contributed by atoms with van der Waals surface area (Å²) in [6.07, 6.45) is 4.98. The van der Waals surface area contributed by atoms with Crippen LogP contribution in [0.25, 0.3) is 10.9 Å². The van der Waals surface area contributed by atoms with Crippen LogP contribution in [0, 0.1) is 6.92 Å². The first-order valence-corrected chi connectivity index (χ1v) is 12.3. The molecular weight excluding hydrogens is 470 g/mol. The van der Waals surface area contributed by atoms with Gasteiger partial charge in [0.25, 0.3) is 0 Å². The number of aliphatic hydroxyl groups is 1. The third-order valence-electron chi connectivity index (χ3n) is 6.44. The molecule has 190 valence electrons. The Morgan fingerprint density at radius 2 is 1.97 bits per heavy atom. The van der Waals surface area contributed by atoms with Gasteiger partial charge in [0, 0.05) is 12.7 Å². The van der Waals surface area contributed by atoms with Crippen molar-refractivity contribution in [3.05, 3.63) is 78.4 Å². The summed E-state index contributed by atoms with van der Waals surface area (Å²) in [5.74, 6) is 1.64. The Balaban J connectivity index is 1.41. The van der Waals surface area contributed by atoms with E-state index in [0.717, 1.165) is 40.7 Å². The molecule has 1 saturated heterocycles. The van der Waals surface area contributed by atoms with Gasteiger partial charge in [-0.25, -0.2) is 9.97 Å². The van der Waals surface area contributed by atoms with E-state index in [9.17, 15) is 9.90 Å². The molecule has 1 amide bonds. The molecule has 2 N–H and O–H groups in total. The SMILES string of the molecule is Cc1cccc(Nc2ncnc3cccc(OC[C@@H]4CCCN4C(=O)CO)c23)c1OCc1ccccn1. The molecule has 1 aliphatic heterocycles. The second-order valence-corrected chi connectivity index (χ2v) is 8.91. The molecule has 37 heavy (non-hydrogen) atoms. The van der Waals surface area contributed by atoms with Crippen LogP contribution in [0.15, 0.2) is 67.1 Å². The van der Waals surface area contributed by atoms with Crippen LogP contribution in [0.3, 0.4) is 0 Å². The van der Waals surface area contributed by atoms with E-state index < -0.39 is 6.61 Å². The lowest BCUT2D eigenvalue weighted by atomic mass is 10.1. The predicted octanol–water partition coefficient (Wildman–Crippen LogP) is 4.02. The number of carbonyl (C=O) groups excluding carboxylic acids is 1. The van der Waals surface area contributed by atoms with Gasteiger partial charge in [0.2, 0.25) is 5.91 Å². The fraction of sp³-hybridized carbons (Fsp3) is 0.286. The lowest BCUT2D eigenvalue weighted by Gasteiger charge is -2.24. The van der Waals surface area contributed by atoms with E-state index in [1.165, 1.54) is 6.33 Å². The second-order valence-electron chi connectivity index (χ2n) is 8.91. The number of ether oxygens (including phenoxy) is 2. The average molecular weight is 500 g/mol. The number of carbonyl (C=O) groups is 1. The van der Waals surface area contributed by atoms with Gasteiger partial charge < -0.3 is 24.8 Å². The number of hydrogen-bond acceptors (Lipinski definition) is 8. The summed E-state index contributed by atoms with van der Waals surface area (Å²) in [5.41, 5.74) is 3.31. The van der Waals surface area contributed by atoms with Gasteiger partial charge in [-0.3, -0.25) is 9.78 Å². The van der Waals surface area contributed by atoms with Crippen molar-refractivity contribution in [2.75, 3.05) is 25.1 Å². The molecule has 0 spiro atoms. The molecule has 0 saturated carbocycles. The minimum atomic E-state index is -0.492. The van der Waals surface area contributed by atoms with E-state index in [1.54, 1.807) is 11.1 Å². The Morgan fingerprint density at radius 3 is 2.81 bits per heavy atom. The molecule has 1 atom stereocenters. The van der Waals surface area contributed by atoms with Crippen LogP contribution in [-0.2, 0) is 11.4 Å². The number of para-hydroxylation sites is 1. The van der Waals surface area contributed by atoms with Crippen molar-refractivity contribution >= 4 is 28.3 Å². The van der Waals surface area contributed by atoms with Crippen LogP contribution in [0.1, 0.15) is 24.1 Å². The molecule has 2 aromatic carbocycles. The lowest BCUT2D eigenvalue weighted by molar-refractivity contribution is -0.135. The number of rotatable bonds is 9. The highest BCUT2D eigenvalue weighted by molar-refractivity contribution is 5.96. The molecule has 0 unspecified atom stereocenters. The topological polar surface area (TPSA) is 110 Å². The fourth-order valence-electron chi connectivity index (χ4n) is 4.61. The van der Waals surface area contributed by atoms with Crippen molar-refractivity contribution in [1.82, 2.24) is 19.9 Å². The van der Waals surface area contributed by atoms with Gasteiger partial charge in [0.15, 0.2) is 0 Å². The van der Waals surface area contributed by atoms with Crippen molar-refractivity contribution in [3.8, 4) is 11.5 Å². The summed E-state index contributed by atoms with van der Waals surface area (Å²) < 4.78 is 12.4. The zero-order valence-corrected chi connectivity index (χ0v) is 20.6. The largest absolute Gasteiger partial charge is 0.491 e. The van der Waals surface area contributed by atoms with Crippen molar-refractivity contribution in [1.29, 1.82) is 0 Å². The number of likely N-dealkylation sites (tertiary alicyclic amines) is 1. The summed E-state index contributed by atoms with van der Waals surface area (Å²) in [6, 6.07) is 17.2. The highest BCUT2D eigenvalue weighted by atomic mass is 16.5. The van der Waals surface area contributed by atoms with Crippen molar-refractivity contribution in [3.63, 3.8) is 0 Å². The zero-order valence-electron chi connectivity index (χ0n) is 20.6. The monoisotopic (exact) mass is 499 g/mol. The molecule has 0 bridgehead atoms. The van der Waals surface area contributed by atoms with Crippen LogP contribution >= 0.6 is 0 Å². The third-order valence-corrected chi connectivity index (χ3v) is 6.44. The van der Waals surface area contributed by atoms with Crippen molar-refractivity contribution < 1.29 is 19.4 Å². The van der Waals surface area contributed by atoms with Gasteiger partial charge in [-0.1, -0.05) is 24.3 Å². The van der Waals surface area contributed by atoms with Gasteiger partial charge >= 0.3 is 0 Å². The average Bonchev–Trinajstić information content (AvgIpc) is 3.40. The first kappa shape index (κ1) is 24.5. The number of anilines is 2. The second kappa shape index (κ2) is 11.2. The normalized spacial score (nSPS) is 15.1. The van der Waals surface area contributed by atoms with Crippen LogP contribution in [0.2, 0.25) is 0 Å². The summed E-state index contributed by atoms with van der Waals surface area (Å²) in [4.78, 5) is 27.1. The summed E-state index contributed by atoms with van der Waals surface area (Å²) >= 11 is 0. The number of hydrogen-bond donors (Lipinski definition) is 2. The first-order chi connectivity index (χ1) is 18.1. The minimum Gasteiger partial charge on any atom is -0.491 e. The maximum atomic E-state index is 12.1. The number of aromatic nitrogens is 3. The molecule has 9 heteroatoms. The summed E-state index contributed by atoms with van der Waals surface area (Å²) in [7, 11) is 0. The molecule has 4 aromatic rings. The molecule has 2 aromatic heterocycles. The van der Waals surface area contributed by atoms with E-state index in [1.807, 2.05) is 61.5 Å². The van der Waals surface area contributed by atoms with E-state index in [0.29, 0.717) is 37.1 Å². The number of nitrogens with zero attached hydrogens (tertiary/aromatic N) is 4. The Bertz CT molecular complexity index is 1380. The Labute approximate surface area is 215 Å². The molecule has 3 heterocycles. The fourth-order valence-corrected chi connectivity index (χ4v) is 4.61. The minimum absolute atomic E-state index is 0.0840. The van der Waals surface area contributed by atoms with Crippen molar-refractivity contribution in [2.24, 2.45) is 0 Å². The number of nitrogens with one attached hydrogen (secondary N) is 1. The Hall–Kier alpha value is -4.24. The van der Waals surface area contributed by atoms with E-state index in [4.69, 9.17) is 9.47 Å². The molecule has 1 aliphatic rings. The van der Waals surface area contributed by atoms with Crippen LogP contribution < -0.4 is 14.8 Å². The number of aliphatic hydroxyl groups excluding tert-OH is 1. The smallest absolute Gasteiger partial charge is 0.248 e. The molecule has 0 aliphatic carbocycles. The summed E-state index contributed by atoms with van der Waals surface area (Å²) in [5, 5.41) is 13.4. The van der Waals surface area contributed by atoms with Gasteiger partial charge in [-0.2, -0.15) is 0 Å². The van der Waals surface area contributed by atoms with Gasteiger partial charge in [-0.15, -0.1) is 0 Å². The van der Waals surface area contributed by atoms with E-state index in [-0.39, 0.29) is 11.9 Å². The quantitative estimate of drug-likeness (QED) is 0.355. The molecule has 9 nitrogen and oxygen atoms in total. The Kier molecular flexibility index (Phi) is 7.41. The maximum Gasteiger partial charge on any atom is 0.248 e. The number of pyridine rings is 1. The van der Waals surface area contributed by atoms with Gasteiger partial charge in [0.05, 0.1) is 28.3 Å². The van der Waals surface area contributed by atoms with E-state index >= 15 is 0 Å². The lowest BCUT2D eigenvalue weighted by Crippen LogP contribution is -2.40. The number of amides is 1. The third kappa shape index (κ3) is 5.46. The van der Waals surface area contributed by atoms with Crippen molar-refractivity contribution in [2.45, 2.75) is 32.4 Å². The highest BCUT2D eigenvalue weighted by Crippen LogP contribution is 2.36. The van der Waals surface area contributed by atoms with Gasteiger partial charge in [-0.05, 0) is 55.7 Å².